The summed E-state index contributed by atoms with van der Waals surface area (Å²) in [6.45, 7) is 0.537. The second-order valence-corrected chi connectivity index (χ2v) is 6.10. The number of ether oxygens (including phenoxy) is 1. The molecule has 0 bridgehead atoms. The van der Waals surface area contributed by atoms with Crippen LogP contribution in [0.25, 0.3) is 11.0 Å². The van der Waals surface area contributed by atoms with Gasteiger partial charge in [0.15, 0.2) is 0 Å². The molecule has 3 aromatic rings. The molecule has 0 aliphatic heterocycles. The molecule has 0 saturated heterocycles. The summed E-state index contributed by atoms with van der Waals surface area (Å²) in [5.41, 5.74) is 8.53. The van der Waals surface area contributed by atoms with Crippen molar-refractivity contribution in [2.45, 2.75) is 12.8 Å². The average Bonchev–Trinajstić information content (AvgIpc) is 2.88. The Kier molecular flexibility index (Phi) is 4.81. The van der Waals surface area contributed by atoms with Crippen LogP contribution in [0.4, 0.5) is 0 Å². The van der Waals surface area contributed by atoms with Gasteiger partial charge in [0, 0.05) is 27.4 Å². The third-order valence-electron chi connectivity index (χ3n) is 3.87. The van der Waals surface area contributed by atoms with Crippen LogP contribution in [0.15, 0.2) is 40.8 Å². The quantitative estimate of drug-likeness (QED) is 0.716. The maximum Gasteiger partial charge on any atom is 0.134 e. The fourth-order valence-corrected chi connectivity index (χ4v) is 3.26. The molecule has 0 radical (unpaired) electrons. The van der Waals surface area contributed by atoms with E-state index in [1.807, 2.05) is 36.4 Å². The van der Waals surface area contributed by atoms with E-state index in [-0.39, 0.29) is 0 Å². The number of methoxy groups -OCH3 is 1. The molecular weight excluding hydrogens is 333 g/mol. The van der Waals surface area contributed by atoms with Crippen LogP contribution < -0.4 is 10.5 Å². The Balaban J connectivity index is 2.11. The van der Waals surface area contributed by atoms with Crippen molar-refractivity contribution >= 4 is 34.2 Å². The van der Waals surface area contributed by atoms with Gasteiger partial charge in [-0.2, -0.15) is 0 Å². The van der Waals surface area contributed by atoms with Gasteiger partial charge in [-0.3, -0.25) is 0 Å². The molecule has 3 nitrogen and oxygen atoms in total. The molecule has 0 aliphatic carbocycles. The summed E-state index contributed by atoms with van der Waals surface area (Å²) in [6.07, 6.45) is 1.25. The van der Waals surface area contributed by atoms with Gasteiger partial charge < -0.3 is 14.9 Å². The van der Waals surface area contributed by atoms with Gasteiger partial charge >= 0.3 is 0 Å². The summed E-state index contributed by atoms with van der Waals surface area (Å²) in [5.74, 6) is 1.63. The first-order valence-corrected chi connectivity index (χ1v) is 8.11. The largest absolute Gasteiger partial charge is 0.497 e. The van der Waals surface area contributed by atoms with Gasteiger partial charge in [0.05, 0.1) is 7.11 Å². The van der Waals surface area contributed by atoms with Crippen LogP contribution in [-0.4, -0.2) is 13.7 Å². The van der Waals surface area contributed by atoms with Crippen LogP contribution in [-0.2, 0) is 12.8 Å². The Morgan fingerprint density at radius 1 is 1.09 bits per heavy atom. The second kappa shape index (κ2) is 6.83. The molecule has 0 fully saturated rings. The van der Waals surface area contributed by atoms with E-state index in [2.05, 4.69) is 0 Å². The minimum Gasteiger partial charge on any atom is -0.497 e. The fourth-order valence-electron chi connectivity index (χ4n) is 2.73. The smallest absolute Gasteiger partial charge is 0.134 e. The van der Waals surface area contributed by atoms with Crippen molar-refractivity contribution in [2.75, 3.05) is 13.7 Å². The van der Waals surface area contributed by atoms with Crippen LogP contribution in [0.3, 0.4) is 0 Å². The van der Waals surface area contributed by atoms with Gasteiger partial charge in [-0.1, -0.05) is 29.3 Å². The Morgan fingerprint density at radius 3 is 2.48 bits per heavy atom. The lowest BCUT2D eigenvalue weighted by Gasteiger charge is -2.07. The maximum absolute atomic E-state index is 6.28. The maximum atomic E-state index is 6.28. The molecule has 3 rings (SSSR count). The van der Waals surface area contributed by atoms with Gasteiger partial charge in [-0.25, -0.2) is 0 Å². The Morgan fingerprint density at radius 2 is 1.83 bits per heavy atom. The minimum atomic E-state index is 0.533. The molecule has 0 unspecified atom stereocenters. The van der Waals surface area contributed by atoms with Gasteiger partial charge in [0.1, 0.15) is 17.1 Å². The first-order chi connectivity index (χ1) is 11.1. The first kappa shape index (κ1) is 16.2. The van der Waals surface area contributed by atoms with E-state index in [0.717, 1.165) is 40.0 Å². The van der Waals surface area contributed by atoms with Crippen LogP contribution in [0, 0.1) is 0 Å². The topological polar surface area (TPSA) is 48.4 Å². The first-order valence-electron chi connectivity index (χ1n) is 7.35. The Hall–Kier alpha value is -1.68. The lowest BCUT2D eigenvalue weighted by Crippen LogP contribution is -2.04. The lowest BCUT2D eigenvalue weighted by molar-refractivity contribution is 0.415. The number of rotatable bonds is 5. The van der Waals surface area contributed by atoms with Crippen molar-refractivity contribution in [1.29, 1.82) is 0 Å². The van der Waals surface area contributed by atoms with Crippen LogP contribution >= 0.6 is 23.2 Å². The molecule has 2 aromatic carbocycles. The molecule has 1 aromatic heterocycles. The van der Waals surface area contributed by atoms with E-state index in [1.165, 1.54) is 0 Å². The van der Waals surface area contributed by atoms with Gasteiger partial charge in [-0.15, -0.1) is 0 Å². The molecule has 2 N–H and O–H groups in total. The SMILES string of the molecule is COc1ccc2oc(Cc3c(Cl)cccc3Cl)c(CCN)c2c1. The highest BCUT2D eigenvalue weighted by Crippen LogP contribution is 2.34. The third kappa shape index (κ3) is 3.18. The van der Waals surface area contributed by atoms with Crippen molar-refractivity contribution in [3.63, 3.8) is 0 Å². The molecule has 0 spiro atoms. The van der Waals surface area contributed by atoms with Crippen molar-refractivity contribution in [1.82, 2.24) is 0 Å². The summed E-state index contributed by atoms with van der Waals surface area (Å²) in [6, 6.07) is 11.3. The predicted octanol–water partition coefficient (Wildman–Crippen LogP) is 4.84. The van der Waals surface area contributed by atoms with Gasteiger partial charge in [0.25, 0.3) is 0 Å². The van der Waals surface area contributed by atoms with Crippen molar-refractivity contribution in [3.05, 3.63) is 63.3 Å². The van der Waals surface area contributed by atoms with Crippen molar-refractivity contribution in [2.24, 2.45) is 5.73 Å². The standard InChI is InChI=1S/C18H17Cl2NO2/c1-22-11-5-6-17-13(9-11)12(7-8-21)18(23-17)10-14-15(19)3-2-4-16(14)20/h2-6,9H,7-8,10,21H2,1H3. The van der Waals surface area contributed by atoms with Gasteiger partial charge in [-0.05, 0) is 48.9 Å². The summed E-state index contributed by atoms with van der Waals surface area (Å²) in [4.78, 5) is 0. The van der Waals surface area contributed by atoms with Crippen LogP contribution in [0.1, 0.15) is 16.9 Å². The fraction of sp³-hybridized carbons (Fsp3) is 0.222. The number of hydrogen-bond donors (Lipinski definition) is 1. The monoisotopic (exact) mass is 349 g/mol. The molecule has 1 heterocycles. The number of hydrogen-bond acceptors (Lipinski definition) is 3. The zero-order chi connectivity index (χ0) is 16.4. The molecule has 0 amide bonds. The predicted molar refractivity (Wildman–Crippen MR) is 94.8 cm³/mol. The molecule has 5 heteroatoms. The minimum absolute atomic E-state index is 0.533. The van der Waals surface area contributed by atoms with E-state index in [0.29, 0.717) is 23.0 Å². The summed E-state index contributed by atoms with van der Waals surface area (Å²) in [5, 5.41) is 2.29. The second-order valence-electron chi connectivity index (χ2n) is 5.28. The highest BCUT2D eigenvalue weighted by Gasteiger charge is 2.17. The molecule has 23 heavy (non-hydrogen) atoms. The van der Waals surface area contributed by atoms with E-state index in [1.54, 1.807) is 7.11 Å². The number of nitrogens with two attached hydrogens (primary N) is 1. The molecule has 0 saturated carbocycles. The van der Waals surface area contributed by atoms with Crippen molar-refractivity contribution < 1.29 is 9.15 Å². The van der Waals surface area contributed by atoms with E-state index < -0.39 is 0 Å². The van der Waals surface area contributed by atoms with Crippen molar-refractivity contribution in [3.8, 4) is 5.75 Å². The zero-order valence-corrected chi connectivity index (χ0v) is 14.2. The summed E-state index contributed by atoms with van der Waals surface area (Å²) >= 11 is 12.6. The molecule has 120 valence electrons. The highest BCUT2D eigenvalue weighted by molar-refractivity contribution is 6.36. The Bertz CT molecular complexity index is 822. The van der Waals surface area contributed by atoms with E-state index in [9.17, 15) is 0 Å². The number of halogens is 2. The average molecular weight is 350 g/mol. The summed E-state index contributed by atoms with van der Waals surface area (Å²) in [7, 11) is 1.65. The van der Waals surface area contributed by atoms with E-state index >= 15 is 0 Å². The van der Waals surface area contributed by atoms with Gasteiger partial charge in [0.2, 0.25) is 0 Å². The number of benzene rings is 2. The Labute approximate surface area is 144 Å². The molecule has 0 atom stereocenters. The molecule has 0 aliphatic rings. The molecular formula is C18H17Cl2NO2. The van der Waals surface area contributed by atoms with E-state index in [4.69, 9.17) is 38.1 Å². The number of furan rings is 1. The highest BCUT2D eigenvalue weighted by atomic mass is 35.5. The summed E-state index contributed by atoms with van der Waals surface area (Å²) < 4.78 is 11.3. The third-order valence-corrected chi connectivity index (χ3v) is 4.58. The zero-order valence-electron chi connectivity index (χ0n) is 12.7. The lowest BCUT2D eigenvalue weighted by atomic mass is 10.0. The van der Waals surface area contributed by atoms with Crippen LogP contribution in [0.5, 0.6) is 5.75 Å². The normalized spacial score (nSPS) is 11.1. The van der Waals surface area contributed by atoms with Crippen LogP contribution in [0.2, 0.25) is 10.0 Å². The number of fused-ring (bicyclic) bond motifs is 1.